The van der Waals surface area contributed by atoms with Crippen molar-refractivity contribution >= 4 is 23.4 Å². The molecule has 2 amide bonds. The first kappa shape index (κ1) is 34.9. The van der Waals surface area contributed by atoms with Crippen LogP contribution in [0, 0.1) is 18.3 Å². The maximum atomic E-state index is 14.4. The molecule has 5 N–H and O–H groups in total. The van der Waals surface area contributed by atoms with Crippen molar-refractivity contribution in [1.29, 1.82) is 5.26 Å². The molecule has 0 aliphatic heterocycles. The van der Waals surface area contributed by atoms with Gasteiger partial charge in [-0.1, -0.05) is 53.6 Å². The summed E-state index contributed by atoms with van der Waals surface area (Å²) in [7, 11) is 1.52. The first-order chi connectivity index (χ1) is 23.1. The number of carbonyl (C=O) groups excluding carboxylic acids is 2. The monoisotopic (exact) mass is 667 g/mol. The molecule has 48 heavy (non-hydrogen) atoms. The van der Waals surface area contributed by atoms with Gasteiger partial charge in [-0.3, -0.25) is 14.5 Å². The smallest absolute Gasteiger partial charge is 0.262 e. The highest BCUT2D eigenvalue weighted by atomic mass is 35.5. The minimum absolute atomic E-state index is 0.0133. The number of hydrogen-bond acceptors (Lipinski definition) is 8. The maximum absolute atomic E-state index is 14.4. The van der Waals surface area contributed by atoms with Gasteiger partial charge in [-0.2, -0.15) is 5.26 Å². The highest BCUT2D eigenvalue weighted by Gasteiger charge is 2.36. The zero-order chi connectivity index (χ0) is 34.4. The first-order valence-electron chi connectivity index (χ1n) is 16.2. The number of nitrogens with two attached hydrogens (primary N) is 2. The minimum Gasteiger partial charge on any atom is -0.496 e. The number of ether oxygens (including phenoxy) is 1. The average molecular weight is 668 g/mol. The van der Waals surface area contributed by atoms with Gasteiger partial charge in [0.05, 0.1) is 47.5 Å². The fourth-order valence-corrected chi connectivity index (χ4v) is 6.33. The lowest BCUT2D eigenvalue weighted by molar-refractivity contribution is -0.132. The second-order valence-corrected chi connectivity index (χ2v) is 12.9. The zero-order valence-corrected chi connectivity index (χ0v) is 28.3. The van der Waals surface area contributed by atoms with Crippen LogP contribution in [0.3, 0.4) is 0 Å². The largest absolute Gasteiger partial charge is 0.496 e. The van der Waals surface area contributed by atoms with E-state index < -0.39 is 17.9 Å². The molecule has 0 unspecified atom stereocenters. The lowest BCUT2D eigenvalue weighted by atomic mass is 9.89. The zero-order valence-electron chi connectivity index (χ0n) is 27.5. The van der Waals surface area contributed by atoms with E-state index in [-0.39, 0.29) is 35.1 Å². The fraction of sp³-hybridized carbons (Fsp3) is 0.342. The number of nitriles is 1. The molecule has 10 heteroatoms. The Bertz CT molecular complexity index is 1770. The molecular formula is C38H42ClN5O4. The van der Waals surface area contributed by atoms with Crippen LogP contribution in [0.2, 0.25) is 5.02 Å². The van der Waals surface area contributed by atoms with Crippen molar-refractivity contribution in [1.82, 2.24) is 10.2 Å². The molecule has 5 rings (SSSR count). The van der Waals surface area contributed by atoms with E-state index in [2.05, 4.69) is 49.5 Å². The van der Waals surface area contributed by atoms with Crippen molar-refractivity contribution in [3.63, 3.8) is 0 Å². The Hall–Kier alpha value is -4.46. The summed E-state index contributed by atoms with van der Waals surface area (Å²) < 4.78 is 11.9. The predicted octanol–water partition coefficient (Wildman–Crippen LogP) is 6.45. The molecule has 1 aromatic heterocycles. The van der Waals surface area contributed by atoms with Gasteiger partial charge in [0.15, 0.2) is 0 Å². The second kappa shape index (κ2) is 15.6. The number of halogens is 1. The average Bonchev–Trinajstić information content (AvgIpc) is 3.57. The standard InChI is InChI=1S/C38H42ClN5O4/c1-23-4-10-27(11-5-23)24(2)43-22-30-16-17-35(48-30)32-19-31(33(39)20-36(32)47-3)37(45)44(29-14-12-28(41)13-15-29)38(46)34(42)18-25-6-8-26(21-40)9-7-25/h4-11,16-17,19-20,24,28-29,34,43H,12-15,18,22,41-42H2,1-3H3/t24-,28-,29-,34-/m1/s1. The number of imide groups is 1. The van der Waals surface area contributed by atoms with Gasteiger partial charge >= 0.3 is 0 Å². The Morgan fingerprint density at radius 3 is 2.40 bits per heavy atom. The molecule has 0 saturated heterocycles. The Balaban J connectivity index is 1.40. The van der Waals surface area contributed by atoms with E-state index in [4.69, 9.17) is 37.5 Å². The summed E-state index contributed by atoms with van der Waals surface area (Å²) in [6, 6.07) is 23.0. The molecular weight excluding hydrogens is 626 g/mol. The molecule has 9 nitrogen and oxygen atoms in total. The van der Waals surface area contributed by atoms with Crippen LogP contribution in [0.4, 0.5) is 0 Å². The number of carbonyl (C=O) groups is 2. The summed E-state index contributed by atoms with van der Waals surface area (Å²) >= 11 is 6.71. The van der Waals surface area contributed by atoms with Gasteiger partial charge < -0.3 is 25.9 Å². The van der Waals surface area contributed by atoms with Crippen LogP contribution in [0.15, 0.2) is 77.2 Å². The number of aryl methyl sites for hydroxylation is 1. The number of hydrogen-bond donors (Lipinski definition) is 3. The molecule has 1 fully saturated rings. The van der Waals surface area contributed by atoms with Crippen LogP contribution in [0.1, 0.15) is 77.0 Å². The second-order valence-electron chi connectivity index (χ2n) is 12.5. The number of amides is 2. The van der Waals surface area contributed by atoms with Gasteiger partial charge in [-0.15, -0.1) is 0 Å². The highest BCUT2D eigenvalue weighted by Crippen LogP contribution is 2.37. The summed E-state index contributed by atoms with van der Waals surface area (Å²) in [5.41, 5.74) is 17.0. The summed E-state index contributed by atoms with van der Waals surface area (Å²) in [6.45, 7) is 4.64. The van der Waals surface area contributed by atoms with Crippen molar-refractivity contribution in [3.8, 4) is 23.1 Å². The molecule has 1 aliphatic carbocycles. The molecule has 2 atom stereocenters. The minimum atomic E-state index is -0.989. The normalized spacial score (nSPS) is 17.3. The molecule has 0 bridgehead atoms. The number of nitrogens with one attached hydrogen (secondary N) is 1. The van der Waals surface area contributed by atoms with Gasteiger partial charge in [0.2, 0.25) is 5.91 Å². The Labute approximate surface area is 286 Å². The molecule has 250 valence electrons. The molecule has 3 aromatic carbocycles. The van der Waals surface area contributed by atoms with Gasteiger partial charge in [0.1, 0.15) is 17.3 Å². The molecule has 1 heterocycles. The first-order valence-corrected chi connectivity index (χ1v) is 16.6. The van der Waals surface area contributed by atoms with Gasteiger partial charge in [0, 0.05) is 24.2 Å². The number of methoxy groups -OCH3 is 1. The van der Waals surface area contributed by atoms with E-state index in [0.717, 1.165) is 5.56 Å². The molecule has 0 radical (unpaired) electrons. The predicted molar refractivity (Wildman–Crippen MR) is 186 cm³/mol. The third-order valence-electron chi connectivity index (χ3n) is 9.03. The summed E-state index contributed by atoms with van der Waals surface area (Å²) in [5, 5.41) is 12.8. The molecule has 0 spiro atoms. The van der Waals surface area contributed by atoms with E-state index >= 15 is 0 Å². The highest BCUT2D eigenvalue weighted by molar-refractivity contribution is 6.34. The lowest BCUT2D eigenvalue weighted by Crippen LogP contribution is -2.53. The fourth-order valence-electron chi connectivity index (χ4n) is 6.10. The van der Waals surface area contributed by atoms with Crippen LogP contribution in [-0.4, -0.2) is 41.9 Å². The Morgan fingerprint density at radius 1 is 1.06 bits per heavy atom. The van der Waals surface area contributed by atoms with Gasteiger partial charge in [-0.05, 0) is 87.4 Å². The van der Waals surface area contributed by atoms with E-state index in [0.29, 0.717) is 60.6 Å². The quantitative estimate of drug-likeness (QED) is 0.165. The molecule has 1 aliphatic rings. The van der Waals surface area contributed by atoms with Crippen molar-refractivity contribution < 1.29 is 18.7 Å². The summed E-state index contributed by atoms with van der Waals surface area (Å²) in [5.74, 6) is 0.601. The van der Waals surface area contributed by atoms with Gasteiger partial charge in [0.25, 0.3) is 5.91 Å². The SMILES string of the molecule is COc1cc(Cl)c(C(=O)N(C(=O)[C@H](N)Cc2ccc(C#N)cc2)[C@H]2CC[C@H](N)CC2)cc1-c1ccc(CN[C@H](C)c2ccc(C)cc2)o1. The maximum Gasteiger partial charge on any atom is 0.262 e. The Morgan fingerprint density at radius 2 is 1.75 bits per heavy atom. The number of nitrogens with zero attached hydrogens (tertiary/aromatic N) is 2. The van der Waals surface area contributed by atoms with Gasteiger partial charge in [-0.25, -0.2) is 0 Å². The molecule has 4 aromatic rings. The summed E-state index contributed by atoms with van der Waals surface area (Å²) in [4.78, 5) is 29.7. The van der Waals surface area contributed by atoms with E-state index in [1.54, 1.807) is 36.4 Å². The third kappa shape index (κ3) is 8.15. The summed E-state index contributed by atoms with van der Waals surface area (Å²) in [6.07, 6.45) is 2.70. The van der Waals surface area contributed by atoms with Crippen molar-refractivity contribution in [2.75, 3.05) is 7.11 Å². The Kier molecular flexibility index (Phi) is 11.3. The van der Waals surface area contributed by atoms with E-state index in [9.17, 15) is 9.59 Å². The van der Waals surface area contributed by atoms with Crippen LogP contribution >= 0.6 is 11.6 Å². The van der Waals surface area contributed by atoms with Crippen molar-refractivity contribution in [2.24, 2.45) is 11.5 Å². The van der Waals surface area contributed by atoms with Crippen molar-refractivity contribution in [2.45, 2.75) is 76.7 Å². The molecule has 1 saturated carbocycles. The third-order valence-corrected chi connectivity index (χ3v) is 9.34. The number of rotatable bonds is 11. The van der Waals surface area contributed by atoms with Crippen LogP contribution in [0.5, 0.6) is 5.75 Å². The topological polar surface area (TPSA) is 148 Å². The number of benzene rings is 3. The lowest BCUT2D eigenvalue weighted by Gasteiger charge is -2.36. The number of furan rings is 1. The van der Waals surface area contributed by atoms with Crippen LogP contribution in [-0.2, 0) is 17.8 Å². The van der Waals surface area contributed by atoms with Crippen LogP contribution < -0.4 is 21.5 Å². The van der Waals surface area contributed by atoms with Crippen LogP contribution in [0.25, 0.3) is 11.3 Å². The van der Waals surface area contributed by atoms with E-state index in [1.165, 1.54) is 23.1 Å². The van der Waals surface area contributed by atoms with E-state index in [1.807, 2.05) is 12.1 Å². The van der Waals surface area contributed by atoms with Crippen molar-refractivity contribution in [3.05, 3.63) is 111 Å².